The summed E-state index contributed by atoms with van der Waals surface area (Å²) in [5, 5.41) is 0. The smallest absolute Gasteiger partial charge is 0.223 e. The van der Waals surface area contributed by atoms with Crippen molar-refractivity contribution < 1.29 is 9.59 Å². The van der Waals surface area contributed by atoms with Gasteiger partial charge in [-0.2, -0.15) is 0 Å². The lowest BCUT2D eigenvalue weighted by atomic mass is 10.0. The second-order valence-corrected chi connectivity index (χ2v) is 4.10. The molecule has 1 aliphatic heterocycles. The molecule has 0 spiro atoms. The van der Waals surface area contributed by atoms with Gasteiger partial charge in [-0.1, -0.05) is 30.3 Å². The molecule has 0 N–H and O–H groups in total. The van der Waals surface area contributed by atoms with Crippen LogP contribution in [0.3, 0.4) is 0 Å². The van der Waals surface area contributed by atoms with Gasteiger partial charge in [-0.05, 0) is 13.3 Å². The number of hydrogen-bond acceptors (Lipinski definition) is 2. The summed E-state index contributed by atoms with van der Waals surface area (Å²) >= 11 is 0. The van der Waals surface area contributed by atoms with Gasteiger partial charge in [0.1, 0.15) is 0 Å². The molecule has 1 aromatic rings. The second-order valence-electron chi connectivity index (χ2n) is 4.10. The molecule has 0 aliphatic carbocycles. The van der Waals surface area contributed by atoms with E-state index in [1.54, 1.807) is 24.0 Å². The zero-order valence-corrected chi connectivity index (χ0v) is 9.35. The van der Waals surface area contributed by atoms with Crippen LogP contribution in [0.2, 0.25) is 0 Å². The van der Waals surface area contributed by atoms with Crippen molar-refractivity contribution in [2.75, 3.05) is 6.54 Å². The molecule has 3 heteroatoms. The van der Waals surface area contributed by atoms with Crippen LogP contribution in [0.4, 0.5) is 0 Å². The summed E-state index contributed by atoms with van der Waals surface area (Å²) < 4.78 is 0. The van der Waals surface area contributed by atoms with Crippen LogP contribution in [0.25, 0.3) is 0 Å². The second kappa shape index (κ2) is 4.47. The molecule has 2 rings (SSSR count). The van der Waals surface area contributed by atoms with Gasteiger partial charge in [-0.25, -0.2) is 0 Å². The van der Waals surface area contributed by atoms with Crippen LogP contribution in [0.1, 0.15) is 30.1 Å². The highest BCUT2D eigenvalue weighted by Crippen LogP contribution is 2.16. The predicted octanol–water partition coefficient (Wildman–Crippen LogP) is 1.88. The molecule has 0 saturated carbocycles. The van der Waals surface area contributed by atoms with Gasteiger partial charge in [0, 0.05) is 18.5 Å². The molecular weight excluding hydrogens is 202 g/mol. The molecule has 3 nitrogen and oxygen atoms in total. The molecule has 1 aliphatic rings. The summed E-state index contributed by atoms with van der Waals surface area (Å²) in [5.74, 6) is 0.118. The number of amides is 1. The first kappa shape index (κ1) is 10.9. The summed E-state index contributed by atoms with van der Waals surface area (Å²) in [6.07, 6.45) is 1.44. The maximum atomic E-state index is 12.1. The van der Waals surface area contributed by atoms with Gasteiger partial charge < -0.3 is 4.90 Å². The van der Waals surface area contributed by atoms with Crippen molar-refractivity contribution in [3.05, 3.63) is 35.9 Å². The van der Waals surface area contributed by atoms with Gasteiger partial charge in [0.15, 0.2) is 5.78 Å². The number of ketones is 1. The highest BCUT2D eigenvalue weighted by Gasteiger charge is 2.29. The number of rotatable bonds is 3. The summed E-state index contributed by atoms with van der Waals surface area (Å²) in [6, 6.07) is 8.80. The summed E-state index contributed by atoms with van der Waals surface area (Å²) in [6.45, 7) is 2.51. The van der Waals surface area contributed by atoms with Crippen molar-refractivity contribution in [1.82, 2.24) is 4.90 Å². The van der Waals surface area contributed by atoms with Gasteiger partial charge in [-0.3, -0.25) is 9.59 Å². The normalized spacial score (nSPS) is 17.6. The lowest BCUT2D eigenvalue weighted by Crippen LogP contribution is -2.39. The van der Waals surface area contributed by atoms with E-state index in [1.165, 1.54) is 0 Å². The molecule has 1 heterocycles. The monoisotopic (exact) mass is 217 g/mol. The first-order valence-corrected chi connectivity index (χ1v) is 5.59. The maximum Gasteiger partial charge on any atom is 0.223 e. The van der Waals surface area contributed by atoms with Gasteiger partial charge in [0.25, 0.3) is 0 Å². The highest BCUT2D eigenvalue weighted by atomic mass is 16.2. The number of benzene rings is 1. The van der Waals surface area contributed by atoms with Crippen LogP contribution in [0.15, 0.2) is 30.3 Å². The molecule has 0 radical (unpaired) electrons. The Bertz CT molecular complexity index is 400. The highest BCUT2D eigenvalue weighted by molar-refractivity contribution is 6.01. The van der Waals surface area contributed by atoms with Crippen LogP contribution in [0, 0.1) is 0 Å². The topological polar surface area (TPSA) is 37.4 Å². The first-order chi connectivity index (χ1) is 7.70. The number of hydrogen-bond donors (Lipinski definition) is 0. The molecular formula is C13H15NO2. The van der Waals surface area contributed by atoms with E-state index in [4.69, 9.17) is 0 Å². The Kier molecular flexibility index (Phi) is 3.04. The number of nitrogens with zero attached hydrogens (tertiary/aromatic N) is 1. The van der Waals surface area contributed by atoms with Crippen LogP contribution >= 0.6 is 0 Å². The van der Waals surface area contributed by atoms with E-state index in [0.29, 0.717) is 18.5 Å². The molecule has 0 bridgehead atoms. The lowest BCUT2D eigenvalue weighted by molar-refractivity contribution is -0.128. The molecule has 1 amide bonds. The average Bonchev–Trinajstić information content (AvgIpc) is 2.75. The zero-order valence-electron chi connectivity index (χ0n) is 9.35. The van der Waals surface area contributed by atoms with Crippen LogP contribution < -0.4 is 0 Å². The molecule has 1 atom stereocenters. The van der Waals surface area contributed by atoms with E-state index in [0.717, 1.165) is 6.42 Å². The standard InChI is InChI=1S/C13H15NO2/c1-10(14-9-5-8-12(14)15)13(16)11-6-3-2-4-7-11/h2-4,6-7,10H,5,8-9H2,1H3. The quantitative estimate of drug-likeness (QED) is 0.725. The Hall–Kier alpha value is -1.64. The molecule has 84 valence electrons. The van der Waals surface area contributed by atoms with Crippen molar-refractivity contribution >= 4 is 11.7 Å². The van der Waals surface area contributed by atoms with Crippen LogP contribution in [-0.4, -0.2) is 29.2 Å². The zero-order chi connectivity index (χ0) is 11.5. The van der Waals surface area contributed by atoms with Crippen molar-refractivity contribution in [2.45, 2.75) is 25.8 Å². The van der Waals surface area contributed by atoms with E-state index in [2.05, 4.69) is 0 Å². The minimum atomic E-state index is -0.336. The lowest BCUT2D eigenvalue weighted by Gasteiger charge is -2.22. The first-order valence-electron chi connectivity index (χ1n) is 5.59. The fraction of sp³-hybridized carbons (Fsp3) is 0.385. The molecule has 1 fully saturated rings. The molecule has 16 heavy (non-hydrogen) atoms. The Morgan fingerprint density at radius 3 is 2.56 bits per heavy atom. The van der Waals surface area contributed by atoms with Gasteiger partial charge in [0.2, 0.25) is 5.91 Å². The molecule has 1 saturated heterocycles. The average molecular weight is 217 g/mol. The number of carbonyl (C=O) groups excluding carboxylic acids is 2. The third kappa shape index (κ3) is 1.98. The maximum absolute atomic E-state index is 12.1. The van der Waals surface area contributed by atoms with E-state index in [1.807, 2.05) is 18.2 Å². The third-order valence-corrected chi connectivity index (χ3v) is 3.02. The van der Waals surface area contributed by atoms with E-state index in [-0.39, 0.29) is 17.7 Å². The number of carbonyl (C=O) groups is 2. The fourth-order valence-corrected chi connectivity index (χ4v) is 2.06. The van der Waals surface area contributed by atoms with Crippen molar-refractivity contribution in [3.63, 3.8) is 0 Å². The Labute approximate surface area is 95.1 Å². The molecule has 1 unspecified atom stereocenters. The van der Waals surface area contributed by atoms with E-state index in [9.17, 15) is 9.59 Å². The number of Topliss-reactive ketones (excluding diaryl/α,β-unsaturated/α-hetero) is 1. The summed E-state index contributed by atoms with van der Waals surface area (Å²) in [5.41, 5.74) is 0.676. The van der Waals surface area contributed by atoms with Crippen molar-refractivity contribution in [3.8, 4) is 0 Å². The van der Waals surface area contributed by atoms with Gasteiger partial charge in [0.05, 0.1) is 6.04 Å². The van der Waals surface area contributed by atoms with E-state index < -0.39 is 0 Å². The van der Waals surface area contributed by atoms with Gasteiger partial charge >= 0.3 is 0 Å². The largest absolute Gasteiger partial charge is 0.333 e. The predicted molar refractivity (Wildman–Crippen MR) is 61.2 cm³/mol. The number of likely N-dealkylation sites (tertiary alicyclic amines) is 1. The molecule has 0 aromatic heterocycles. The summed E-state index contributed by atoms with van der Waals surface area (Å²) in [7, 11) is 0. The van der Waals surface area contributed by atoms with E-state index >= 15 is 0 Å². The van der Waals surface area contributed by atoms with Crippen LogP contribution in [-0.2, 0) is 4.79 Å². The fourth-order valence-electron chi connectivity index (χ4n) is 2.06. The Morgan fingerprint density at radius 1 is 1.31 bits per heavy atom. The Balaban J connectivity index is 2.13. The minimum absolute atomic E-state index is 0.0239. The summed E-state index contributed by atoms with van der Waals surface area (Å²) in [4.78, 5) is 25.3. The Morgan fingerprint density at radius 2 is 2.00 bits per heavy atom. The van der Waals surface area contributed by atoms with Crippen LogP contribution in [0.5, 0.6) is 0 Å². The van der Waals surface area contributed by atoms with Gasteiger partial charge in [-0.15, -0.1) is 0 Å². The third-order valence-electron chi connectivity index (χ3n) is 3.02. The SMILES string of the molecule is CC(C(=O)c1ccccc1)N1CCCC1=O. The van der Waals surface area contributed by atoms with Crippen molar-refractivity contribution in [2.24, 2.45) is 0 Å². The minimum Gasteiger partial charge on any atom is -0.333 e. The van der Waals surface area contributed by atoms with Crippen molar-refractivity contribution in [1.29, 1.82) is 0 Å². The molecule has 1 aromatic carbocycles.